The summed E-state index contributed by atoms with van der Waals surface area (Å²) in [6.45, 7) is 1.70. The van der Waals surface area contributed by atoms with Gasteiger partial charge in [-0.25, -0.2) is 4.98 Å². The van der Waals surface area contributed by atoms with Gasteiger partial charge in [0.25, 0.3) is 17.7 Å². The van der Waals surface area contributed by atoms with Gasteiger partial charge in [0.1, 0.15) is 5.82 Å². The van der Waals surface area contributed by atoms with Crippen LogP contribution >= 0.6 is 0 Å². The van der Waals surface area contributed by atoms with E-state index in [1.807, 2.05) is 37.3 Å². The Bertz CT molecular complexity index is 1620. The van der Waals surface area contributed by atoms with E-state index >= 15 is 0 Å². The van der Waals surface area contributed by atoms with E-state index in [9.17, 15) is 19.2 Å². The van der Waals surface area contributed by atoms with Crippen molar-refractivity contribution in [2.45, 2.75) is 51.3 Å². The minimum absolute atomic E-state index is 0.0201. The molecule has 11 heteroatoms. The normalized spacial score (nSPS) is 18.0. The van der Waals surface area contributed by atoms with E-state index in [2.05, 4.69) is 10.3 Å². The third-order valence-corrected chi connectivity index (χ3v) is 8.07. The first-order chi connectivity index (χ1) is 20.3. The summed E-state index contributed by atoms with van der Waals surface area (Å²) < 4.78 is 11.8. The van der Waals surface area contributed by atoms with Crippen molar-refractivity contribution < 1.29 is 28.7 Å². The fraction of sp³-hybridized carbons (Fsp3) is 0.323. The third kappa shape index (κ3) is 4.75. The Morgan fingerprint density at radius 1 is 0.976 bits per heavy atom. The van der Waals surface area contributed by atoms with Gasteiger partial charge in [-0.3, -0.25) is 24.1 Å². The molecule has 3 heterocycles. The number of methoxy groups -OCH3 is 1. The Morgan fingerprint density at radius 3 is 2.48 bits per heavy atom. The molecule has 1 saturated carbocycles. The van der Waals surface area contributed by atoms with Crippen molar-refractivity contribution in [3.05, 3.63) is 76.5 Å². The molecule has 1 aromatic heterocycles. The van der Waals surface area contributed by atoms with Crippen molar-refractivity contribution in [3.63, 3.8) is 0 Å². The van der Waals surface area contributed by atoms with Crippen molar-refractivity contribution >= 4 is 35.1 Å². The van der Waals surface area contributed by atoms with E-state index in [0.717, 1.165) is 36.1 Å². The van der Waals surface area contributed by atoms with Gasteiger partial charge in [-0.05, 0) is 68.0 Å². The molecule has 0 spiro atoms. The highest BCUT2D eigenvalue weighted by Crippen LogP contribution is 2.42. The number of benzene rings is 2. The van der Waals surface area contributed by atoms with E-state index < -0.39 is 17.7 Å². The Morgan fingerprint density at radius 2 is 1.74 bits per heavy atom. The van der Waals surface area contributed by atoms with Crippen molar-refractivity contribution in [2.24, 2.45) is 5.73 Å². The summed E-state index contributed by atoms with van der Waals surface area (Å²) in [5.41, 5.74) is 8.33. The Labute approximate surface area is 242 Å². The molecule has 11 nitrogen and oxygen atoms in total. The zero-order chi connectivity index (χ0) is 29.5. The number of imide groups is 1. The number of pyridine rings is 1. The molecular formula is C31H31N5O6. The van der Waals surface area contributed by atoms with Crippen molar-refractivity contribution in [1.29, 1.82) is 0 Å². The molecule has 3 N–H and O–H groups in total. The number of ether oxygens (including phenoxy) is 2. The molecule has 0 bridgehead atoms. The molecule has 2 aliphatic heterocycles. The molecule has 1 unspecified atom stereocenters. The highest BCUT2D eigenvalue weighted by molar-refractivity contribution is 6.21. The van der Waals surface area contributed by atoms with Gasteiger partial charge in [-0.2, -0.15) is 0 Å². The maximum Gasteiger partial charge on any atom is 0.263 e. The standard InChI is InChI=1S/C31H31N5O6/c1-17-21-9-7-18(16-35-29(38)23-13-27(34-28(37)14-32)33-15-24(23)30(35)39)11-22(21)31(40)36(17)19-8-10-25(41-2)26(12-19)42-20-5-3-4-6-20/h7-13,15,17,20H,3-6,14,16,32H2,1-2H3,(H,33,34,37). The number of fused-ring (bicyclic) bond motifs is 2. The number of aromatic nitrogens is 1. The fourth-order valence-electron chi connectivity index (χ4n) is 5.90. The first-order valence-electron chi connectivity index (χ1n) is 14.0. The average Bonchev–Trinajstić information content (AvgIpc) is 3.66. The zero-order valence-electron chi connectivity index (χ0n) is 23.4. The molecule has 1 aliphatic carbocycles. The number of anilines is 2. The van der Waals surface area contributed by atoms with Gasteiger partial charge >= 0.3 is 0 Å². The van der Waals surface area contributed by atoms with Crippen LogP contribution in [0.3, 0.4) is 0 Å². The minimum Gasteiger partial charge on any atom is -0.493 e. The monoisotopic (exact) mass is 569 g/mol. The Hall–Kier alpha value is -4.77. The Balaban J connectivity index is 1.23. The number of hydrogen-bond donors (Lipinski definition) is 2. The summed E-state index contributed by atoms with van der Waals surface area (Å²) in [5.74, 6) is -0.263. The maximum absolute atomic E-state index is 13.7. The molecule has 0 saturated heterocycles. The Kier molecular flexibility index (Phi) is 7.11. The lowest BCUT2D eigenvalue weighted by Gasteiger charge is -2.24. The topological polar surface area (TPSA) is 144 Å². The predicted octanol–water partition coefficient (Wildman–Crippen LogP) is 3.83. The molecule has 3 aromatic rings. The van der Waals surface area contributed by atoms with E-state index in [1.54, 1.807) is 18.1 Å². The molecule has 216 valence electrons. The number of hydrogen-bond acceptors (Lipinski definition) is 8. The summed E-state index contributed by atoms with van der Waals surface area (Å²) in [5, 5.41) is 2.49. The molecule has 42 heavy (non-hydrogen) atoms. The number of carbonyl (C=O) groups is 4. The van der Waals surface area contributed by atoms with Crippen LogP contribution in [0, 0.1) is 0 Å². The quantitative estimate of drug-likeness (QED) is 0.390. The molecule has 1 atom stereocenters. The van der Waals surface area contributed by atoms with Gasteiger partial charge in [0.2, 0.25) is 5.91 Å². The largest absolute Gasteiger partial charge is 0.493 e. The van der Waals surface area contributed by atoms with Gasteiger partial charge in [0.15, 0.2) is 11.5 Å². The van der Waals surface area contributed by atoms with Crippen LogP contribution < -0.4 is 25.4 Å². The summed E-state index contributed by atoms with van der Waals surface area (Å²) in [6, 6.07) is 12.1. The predicted molar refractivity (Wildman–Crippen MR) is 154 cm³/mol. The number of rotatable bonds is 8. The summed E-state index contributed by atoms with van der Waals surface area (Å²) >= 11 is 0. The molecule has 4 amide bonds. The first kappa shape index (κ1) is 27.4. The summed E-state index contributed by atoms with van der Waals surface area (Å²) in [4.78, 5) is 58.4. The highest BCUT2D eigenvalue weighted by Gasteiger charge is 2.38. The van der Waals surface area contributed by atoms with Gasteiger partial charge < -0.3 is 25.4 Å². The highest BCUT2D eigenvalue weighted by atomic mass is 16.5. The van der Waals surface area contributed by atoms with Gasteiger partial charge in [-0.1, -0.05) is 12.1 Å². The smallest absolute Gasteiger partial charge is 0.263 e. The van der Waals surface area contributed by atoms with Crippen LogP contribution in [0.25, 0.3) is 0 Å². The van der Waals surface area contributed by atoms with Gasteiger partial charge in [0, 0.05) is 23.5 Å². The van der Waals surface area contributed by atoms with Crippen LogP contribution in [0.1, 0.15) is 80.8 Å². The molecule has 6 rings (SSSR count). The van der Waals surface area contributed by atoms with E-state index in [1.165, 1.54) is 12.3 Å². The van der Waals surface area contributed by atoms with Crippen LogP contribution in [0.5, 0.6) is 11.5 Å². The minimum atomic E-state index is -0.504. The van der Waals surface area contributed by atoms with Crippen molar-refractivity contribution in [1.82, 2.24) is 9.88 Å². The van der Waals surface area contributed by atoms with Crippen LogP contribution in [0.2, 0.25) is 0 Å². The molecular weight excluding hydrogens is 538 g/mol. The second-order valence-corrected chi connectivity index (χ2v) is 10.7. The number of nitrogens with zero attached hydrogens (tertiary/aromatic N) is 3. The second-order valence-electron chi connectivity index (χ2n) is 10.7. The van der Waals surface area contributed by atoms with E-state index in [0.29, 0.717) is 28.3 Å². The number of nitrogens with one attached hydrogen (secondary N) is 1. The lowest BCUT2D eigenvalue weighted by atomic mass is 10.0. The van der Waals surface area contributed by atoms with Crippen LogP contribution in [0.15, 0.2) is 48.7 Å². The van der Waals surface area contributed by atoms with Crippen LogP contribution in [-0.2, 0) is 11.3 Å². The van der Waals surface area contributed by atoms with E-state index in [4.69, 9.17) is 15.2 Å². The summed E-state index contributed by atoms with van der Waals surface area (Å²) in [7, 11) is 1.60. The SMILES string of the molecule is COc1ccc(N2C(=O)c3cc(CN4C(=O)c5cnc(NC(=O)CN)cc5C4=O)ccc3C2C)cc1OC1CCCC1. The number of amides is 4. The van der Waals surface area contributed by atoms with Crippen molar-refractivity contribution in [3.8, 4) is 11.5 Å². The first-order valence-corrected chi connectivity index (χ1v) is 14.0. The summed E-state index contributed by atoms with van der Waals surface area (Å²) in [6.07, 6.45) is 5.67. The fourth-order valence-corrected chi connectivity index (χ4v) is 5.90. The van der Waals surface area contributed by atoms with Gasteiger partial charge in [-0.15, -0.1) is 0 Å². The molecule has 3 aliphatic rings. The number of nitrogens with two attached hydrogens (primary N) is 1. The lowest BCUT2D eigenvalue weighted by Crippen LogP contribution is -2.29. The van der Waals surface area contributed by atoms with Gasteiger partial charge in [0.05, 0.1) is 43.5 Å². The third-order valence-electron chi connectivity index (χ3n) is 8.07. The van der Waals surface area contributed by atoms with Crippen LogP contribution in [-0.4, -0.2) is 53.3 Å². The number of carbonyl (C=O) groups excluding carboxylic acids is 4. The average molecular weight is 570 g/mol. The maximum atomic E-state index is 13.7. The zero-order valence-corrected chi connectivity index (χ0v) is 23.4. The molecule has 0 radical (unpaired) electrons. The molecule has 1 fully saturated rings. The lowest BCUT2D eigenvalue weighted by molar-refractivity contribution is -0.114. The van der Waals surface area contributed by atoms with Crippen molar-refractivity contribution in [2.75, 3.05) is 23.9 Å². The second kappa shape index (κ2) is 10.9. The van der Waals surface area contributed by atoms with Crippen LogP contribution in [0.4, 0.5) is 11.5 Å². The molecule has 2 aromatic carbocycles. The van der Waals surface area contributed by atoms with E-state index in [-0.39, 0.29) is 48.1 Å².